The Hall–Kier alpha value is -1.77. The third-order valence-electron chi connectivity index (χ3n) is 4.13. The van der Waals surface area contributed by atoms with Crippen LogP contribution >= 0.6 is 0 Å². The number of allylic oxidation sites excluding steroid dienone is 1. The van der Waals surface area contributed by atoms with E-state index in [1.54, 1.807) is 0 Å². The summed E-state index contributed by atoms with van der Waals surface area (Å²) in [7, 11) is 0. The summed E-state index contributed by atoms with van der Waals surface area (Å²) in [6, 6.07) is 8.37. The third kappa shape index (κ3) is 4.12. The fourth-order valence-corrected chi connectivity index (χ4v) is 2.89. The van der Waals surface area contributed by atoms with Crippen LogP contribution in [0.25, 0.3) is 5.57 Å². The van der Waals surface area contributed by atoms with Crippen LogP contribution in [0.3, 0.4) is 0 Å². The summed E-state index contributed by atoms with van der Waals surface area (Å²) in [4.78, 5) is 13.9. The zero-order valence-electron chi connectivity index (χ0n) is 14.2. The van der Waals surface area contributed by atoms with Crippen LogP contribution in [0.2, 0.25) is 0 Å². The molecule has 0 bridgehead atoms. The van der Waals surface area contributed by atoms with Crippen molar-refractivity contribution in [3.05, 3.63) is 42.0 Å². The van der Waals surface area contributed by atoms with E-state index >= 15 is 0 Å². The summed E-state index contributed by atoms with van der Waals surface area (Å²) in [5, 5.41) is 0. The normalized spacial score (nSPS) is 16.5. The smallest absolute Gasteiger partial charge is 0.410 e. The predicted octanol–water partition coefficient (Wildman–Crippen LogP) is 4.66. The second kappa shape index (κ2) is 6.55. The molecule has 1 aromatic rings. The molecule has 2 rings (SSSR count). The number of aryl methyl sites for hydroxylation is 1. The zero-order chi connectivity index (χ0) is 16.3. The van der Waals surface area contributed by atoms with Gasteiger partial charge in [0.2, 0.25) is 0 Å². The number of hydrogen-bond donors (Lipinski definition) is 0. The van der Waals surface area contributed by atoms with E-state index in [2.05, 4.69) is 37.8 Å². The molecule has 3 nitrogen and oxygen atoms in total. The van der Waals surface area contributed by atoms with E-state index in [-0.39, 0.29) is 6.09 Å². The molecule has 0 aromatic heterocycles. The average molecular weight is 301 g/mol. The van der Waals surface area contributed by atoms with Gasteiger partial charge in [-0.15, -0.1) is 0 Å². The van der Waals surface area contributed by atoms with Gasteiger partial charge in [-0.3, -0.25) is 0 Å². The fraction of sp³-hybridized carbons (Fsp3) is 0.526. The number of nitrogens with zero attached hydrogens (tertiary/aromatic N) is 1. The summed E-state index contributed by atoms with van der Waals surface area (Å²) >= 11 is 0. The molecule has 120 valence electrons. The maximum absolute atomic E-state index is 12.1. The van der Waals surface area contributed by atoms with Crippen LogP contribution < -0.4 is 0 Å². The highest BCUT2D eigenvalue weighted by Crippen LogP contribution is 2.32. The first-order valence-corrected chi connectivity index (χ1v) is 8.00. The number of piperidine rings is 1. The molecule has 1 heterocycles. The molecule has 0 radical (unpaired) electrons. The first kappa shape index (κ1) is 16.6. The molecule has 1 aliphatic rings. The van der Waals surface area contributed by atoms with E-state index in [1.165, 1.54) is 16.7 Å². The van der Waals surface area contributed by atoms with Crippen LogP contribution in [-0.2, 0) is 4.74 Å². The van der Waals surface area contributed by atoms with Crippen LogP contribution in [0, 0.1) is 12.8 Å². The highest BCUT2D eigenvalue weighted by Gasteiger charge is 2.28. The van der Waals surface area contributed by atoms with Crippen LogP contribution in [0.5, 0.6) is 0 Å². The van der Waals surface area contributed by atoms with Crippen molar-refractivity contribution in [3.8, 4) is 0 Å². The summed E-state index contributed by atoms with van der Waals surface area (Å²) in [6.45, 7) is 13.6. The Balaban J connectivity index is 1.94. The second-order valence-corrected chi connectivity index (χ2v) is 7.08. The van der Waals surface area contributed by atoms with Crippen molar-refractivity contribution >= 4 is 11.7 Å². The molecule has 22 heavy (non-hydrogen) atoms. The minimum atomic E-state index is -0.432. The van der Waals surface area contributed by atoms with E-state index in [9.17, 15) is 4.79 Å². The highest BCUT2D eigenvalue weighted by molar-refractivity contribution is 5.70. The van der Waals surface area contributed by atoms with Crippen molar-refractivity contribution in [3.63, 3.8) is 0 Å². The van der Waals surface area contributed by atoms with Gasteiger partial charge >= 0.3 is 6.09 Å². The standard InChI is InChI=1S/C19H27NO2/c1-14-8-6-7-9-17(14)15(2)16-10-12-20(13-11-16)18(21)22-19(3,4)5/h6-9,16H,2,10-13H2,1,3-5H3. The summed E-state index contributed by atoms with van der Waals surface area (Å²) in [5.74, 6) is 0.444. The van der Waals surface area contributed by atoms with Gasteiger partial charge in [-0.1, -0.05) is 30.8 Å². The number of carbonyl (C=O) groups excluding carboxylic acids is 1. The van der Waals surface area contributed by atoms with E-state index in [0.717, 1.165) is 25.9 Å². The number of benzene rings is 1. The minimum Gasteiger partial charge on any atom is -0.444 e. The van der Waals surface area contributed by atoms with Gasteiger partial charge < -0.3 is 9.64 Å². The number of ether oxygens (including phenoxy) is 1. The molecule has 0 unspecified atom stereocenters. The summed E-state index contributed by atoms with van der Waals surface area (Å²) < 4.78 is 5.44. The summed E-state index contributed by atoms with van der Waals surface area (Å²) in [6.07, 6.45) is 1.70. The van der Waals surface area contributed by atoms with Crippen LogP contribution in [0.15, 0.2) is 30.8 Å². The maximum Gasteiger partial charge on any atom is 0.410 e. The van der Waals surface area contributed by atoms with E-state index < -0.39 is 5.60 Å². The van der Waals surface area contributed by atoms with E-state index in [0.29, 0.717) is 5.92 Å². The first-order valence-electron chi connectivity index (χ1n) is 8.00. The fourth-order valence-electron chi connectivity index (χ4n) is 2.89. The van der Waals surface area contributed by atoms with Crippen molar-refractivity contribution in [2.24, 2.45) is 5.92 Å². The van der Waals surface area contributed by atoms with Gasteiger partial charge in [-0.2, -0.15) is 0 Å². The van der Waals surface area contributed by atoms with Gasteiger partial charge in [-0.25, -0.2) is 4.79 Å². The third-order valence-corrected chi connectivity index (χ3v) is 4.13. The van der Waals surface area contributed by atoms with Crippen molar-refractivity contribution in [2.75, 3.05) is 13.1 Å². The van der Waals surface area contributed by atoms with Crippen LogP contribution in [0.1, 0.15) is 44.7 Å². The lowest BCUT2D eigenvalue weighted by Crippen LogP contribution is -2.41. The molecule has 1 saturated heterocycles. The lowest BCUT2D eigenvalue weighted by Gasteiger charge is -2.34. The Bertz CT molecular complexity index is 549. The monoisotopic (exact) mass is 301 g/mol. The molecule has 0 aliphatic carbocycles. The quantitative estimate of drug-likeness (QED) is 0.795. The number of carbonyl (C=O) groups is 1. The zero-order valence-corrected chi connectivity index (χ0v) is 14.2. The molecule has 1 aliphatic heterocycles. The van der Waals surface area contributed by atoms with Crippen molar-refractivity contribution in [1.82, 2.24) is 4.90 Å². The van der Waals surface area contributed by atoms with Gasteiger partial charge in [0, 0.05) is 13.1 Å². The van der Waals surface area contributed by atoms with Crippen LogP contribution in [0.4, 0.5) is 4.79 Å². The Morgan fingerprint density at radius 3 is 2.36 bits per heavy atom. The van der Waals surface area contributed by atoms with E-state index in [1.807, 2.05) is 25.7 Å². The topological polar surface area (TPSA) is 29.5 Å². The van der Waals surface area contributed by atoms with E-state index in [4.69, 9.17) is 4.74 Å². The van der Waals surface area contributed by atoms with Gasteiger partial charge in [0.25, 0.3) is 0 Å². The number of rotatable bonds is 2. The summed E-state index contributed by atoms with van der Waals surface area (Å²) in [5.41, 5.74) is 3.28. The number of amides is 1. The molecule has 1 amide bonds. The average Bonchev–Trinajstić information content (AvgIpc) is 2.45. The maximum atomic E-state index is 12.1. The van der Waals surface area contributed by atoms with Gasteiger partial charge in [0.1, 0.15) is 5.60 Å². The Labute approximate surface area is 134 Å². The van der Waals surface area contributed by atoms with Crippen molar-refractivity contribution in [1.29, 1.82) is 0 Å². The SMILES string of the molecule is C=C(c1ccccc1C)C1CCN(C(=O)OC(C)(C)C)CC1. The number of hydrogen-bond acceptors (Lipinski definition) is 2. The molecule has 0 N–H and O–H groups in total. The number of likely N-dealkylation sites (tertiary alicyclic amines) is 1. The second-order valence-electron chi connectivity index (χ2n) is 7.08. The molecule has 1 aromatic carbocycles. The van der Waals surface area contributed by atoms with Gasteiger partial charge in [-0.05, 0) is 63.2 Å². The largest absolute Gasteiger partial charge is 0.444 e. The molecular formula is C19H27NO2. The highest BCUT2D eigenvalue weighted by atomic mass is 16.6. The molecule has 1 fully saturated rings. The molecule has 0 atom stereocenters. The minimum absolute atomic E-state index is 0.201. The lowest BCUT2D eigenvalue weighted by molar-refractivity contribution is 0.0200. The predicted molar refractivity (Wildman–Crippen MR) is 90.7 cm³/mol. The molecule has 3 heteroatoms. The Morgan fingerprint density at radius 2 is 1.82 bits per heavy atom. The molecule has 0 saturated carbocycles. The van der Waals surface area contributed by atoms with Crippen LogP contribution in [-0.4, -0.2) is 29.7 Å². The lowest BCUT2D eigenvalue weighted by atomic mass is 9.85. The van der Waals surface area contributed by atoms with Gasteiger partial charge in [0.05, 0.1) is 0 Å². The molecule has 0 spiro atoms. The van der Waals surface area contributed by atoms with Crippen molar-refractivity contribution in [2.45, 2.75) is 46.1 Å². The van der Waals surface area contributed by atoms with Crippen molar-refractivity contribution < 1.29 is 9.53 Å². The van der Waals surface area contributed by atoms with Gasteiger partial charge in [0.15, 0.2) is 0 Å². The first-order chi connectivity index (χ1) is 10.3. The molecular weight excluding hydrogens is 274 g/mol. The Morgan fingerprint density at radius 1 is 1.23 bits per heavy atom. The Kier molecular flexibility index (Phi) is 4.94.